The van der Waals surface area contributed by atoms with Gasteiger partial charge in [-0.05, 0) is 31.4 Å². The van der Waals surface area contributed by atoms with E-state index in [4.69, 9.17) is 0 Å². The van der Waals surface area contributed by atoms with E-state index in [9.17, 15) is 4.79 Å². The number of piperidine rings is 1. The first kappa shape index (κ1) is 14.8. The molecule has 0 saturated carbocycles. The Morgan fingerprint density at radius 1 is 1.41 bits per heavy atom. The van der Waals surface area contributed by atoms with Gasteiger partial charge < -0.3 is 10.2 Å². The molecule has 1 fully saturated rings. The van der Waals surface area contributed by atoms with E-state index < -0.39 is 0 Å². The van der Waals surface area contributed by atoms with E-state index in [0.29, 0.717) is 6.54 Å². The number of pyridine rings is 1. The van der Waals surface area contributed by atoms with Crippen molar-refractivity contribution in [2.75, 3.05) is 24.5 Å². The number of unbranched alkanes of at least 4 members (excludes halogenated alkanes) is 1. The van der Waals surface area contributed by atoms with Crippen LogP contribution in [0.25, 0.3) is 5.65 Å². The van der Waals surface area contributed by atoms with Crippen molar-refractivity contribution in [1.29, 1.82) is 0 Å². The molecule has 2 aromatic rings. The number of hydrogen-bond acceptors (Lipinski definition) is 4. The number of nitrogens with one attached hydrogen (secondary N) is 1. The summed E-state index contributed by atoms with van der Waals surface area (Å²) in [5, 5.41) is 11.5. The summed E-state index contributed by atoms with van der Waals surface area (Å²) in [4.78, 5) is 14.4. The molecule has 3 heterocycles. The van der Waals surface area contributed by atoms with Gasteiger partial charge in [-0.25, -0.2) is 0 Å². The zero-order valence-corrected chi connectivity index (χ0v) is 13.0. The topological polar surface area (TPSA) is 62.5 Å². The van der Waals surface area contributed by atoms with Crippen molar-refractivity contribution in [1.82, 2.24) is 19.9 Å². The molecule has 0 radical (unpaired) electrons. The van der Waals surface area contributed by atoms with Crippen LogP contribution in [0.15, 0.2) is 24.4 Å². The SMILES string of the molecule is CCCCNC(=O)[C@@H]1CCCN(c2nnc3ccccn23)C1. The molecule has 22 heavy (non-hydrogen) atoms. The highest BCUT2D eigenvalue weighted by atomic mass is 16.1. The fourth-order valence-corrected chi connectivity index (χ4v) is 2.95. The van der Waals surface area contributed by atoms with Gasteiger partial charge in [0, 0.05) is 25.8 Å². The molecule has 1 aliphatic rings. The van der Waals surface area contributed by atoms with Gasteiger partial charge in [-0.1, -0.05) is 19.4 Å². The van der Waals surface area contributed by atoms with Gasteiger partial charge in [-0.3, -0.25) is 9.20 Å². The van der Waals surface area contributed by atoms with E-state index in [2.05, 4.69) is 27.3 Å². The van der Waals surface area contributed by atoms with Gasteiger partial charge in [-0.2, -0.15) is 0 Å². The van der Waals surface area contributed by atoms with Gasteiger partial charge in [-0.15, -0.1) is 10.2 Å². The molecule has 1 atom stereocenters. The third-order valence-corrected chi connectivity index (χ3v) is 4.20. The largest absolute Gasteiger partial charge is 0.356 e. The van der Waals surface area contributed by atoms with Crippen molar-refractivity contribution in [3.05, 3.63) is 24.4 Å². The van der Waals surface area contributed by atoms with Crippen molar-refractivity contribution < 1.29 is 4.79 Å². The number of aromatic nitrogens is 3. The maximum atomic E-state index is 12.3. The molecule has 1 amide bonds. The lowest BCUT2D eigenvalue weighted by Crippen LogP contribution is -2.44. The normalized spacial score (nSPS) is 18.6. The number of hydrogen-bond donors (Lipinski definition) is 1. The van der Waals surface area contributed by atoms with Gasteiger partial charge in [0.1, 0.15) is 0 Å². The van der Waals surface area contributed by atoms with Gasteiger partial charge in [0.05, 0.1) is 5.92 Å². The highest BCUT2D eigenvalue weighted by Gasteiger charge is 2.27. The minimum absolute atomic E-state index is 0.0432. The molecular weight excluding hydrogens is 278 g/mol. The quantitative estimate of drug-likeness (QED) is 0.856. The van der Waals surface area contributed by atoms with Crippen molar-refractivity contribution in [3.63, 3.8) is 0 Å². The first-order chi connectivity index (χ1) is 10.8. The molecule has 6 heteroatoms. The van der Waals surface area contributed by atoms with Crippen LogP contribution in [-0.2, 0) is 4.79 Å². The Hall–Kier alpha value is -2.11. The second kappa shape index (κ2) is 6.77. The number of amides is 1. The van der Waals surface area contributed by atoms with E-state index in [-0.39, 0.29) is 11.8 Å². The summed E-state index contributed by atoms with van der Waals surface area (Å²) in [6, 6.07) is 5.86. The molecule has 0 aromatic carbocycles. The minimum Gasteiger partial charge on any atom is -0.356 e. The molecule has 6 nitrogen and oxygen atoms in total. The van der Waals surface area contributed by atoms with Gasteiger partial charge in [0.25, 0.3) is 0 Å². The lowest BCUT2D eigenvalue weighted by molar-refractivity contribution is -0.125. The first-order valence-corrected chi connectivity index (χ1v) is 8.12. The third-order valence-electron chi connectivity index (χ3n) is 4.20. The standard InChI is InChI=1S/C16H23N5O/c1-2-3-9-17-15(22)13-7-6-10-20(12-13)16-19-18-14-8-4-5-11-21(14)16/h4-5,8,11,13H,2-3,6-7,9-10,12H2,1H3,(H,17,22)/t13-/m1/s1. The minimum atomic E-state index is 0.0432. The van der Waals surface area contributed by atoms with Crippen LogP contribution in [0, 0.1) is 5.92 Å². The maximum Gasteiger partial charge on any atom is 0.231 e. The van der Waals surface area contributed by atoms with Crippen molar-refractivity contribution in [2.24, 2.45) is 5.92 Å². The van der Waals surface area contributed by atoms with E-state index in [1.807, 2.05) is 28.8 Å². The molecule has 2 aromatic heterocycles. The predicted molar refractivity (Wildman–Crippen MR) is 85.8 cm³/mol. The van der Waals surface area contributed by atoms with Crippen molar-refractivity contribution in [3.8, 4) is 0 Å². The Balaban J connectivity index is 1.69. The molecule has 0 aliphatic carbocycles. The molecule has 0 unspecified atom stereocenters. The molecule has 1 aliphatic heterocycles. The van der Waals surface area contributed by atoms with Crippen LogP contribution in [0.3, 0.4) is 0 Å². The maximum absolute atomic E-state index is 12.3. The van der Waals surface area contributed by atoms with Gasteiger partial charge in [0.2, 0.25) is 11.9 Å². The number of rotatable bonds is 5. The molecule has 3 rings (SSSR count). The van der Waals surface area contributed by atoms with Crippen LogP contribution in [0.2, 0.25) is 0 Å². The Morgan fingerprint density at radius 3 is 3.18 bits per heavy atom. The molecule has 1 N–H and O–H groups in total. The lowest BCUT2D eigenvalue weighted by Gasteiger charge is -2.31. The fourth-order valence-electron chi connectivity index (χ4n) is 2.95. The average molecular weight is 301 g/mol. The van der Waals surface area contributed by atoms with E-state index in [1.54, 1.807) is 0 Å². The van der Waals surface area contributed by atoms with E-state index >= 15 is 0 Å². The van der Waals surface area contributed by atoms with Crippen LogP contribution in [0.1, 0.15) is 32.6 Å². The Bertz CT molecular complexity index is 638. The summed E-state index contributed by atoms with van der Waals surface area (Å²) < 4.78 is 1.98. The summed E-state index contributed by atoms with van der Waals surface area (Å²) in [5.74, 6) is 1.05. The Kier molecular flexibility index (Phi) is 4.56. The van der Waals surface area contributed by atoms with Gasteiger partial charge in [0.15, 0.2) is 5.65 Å². The lowest BCUT2D eigenvalue weighted by atomic mass is 9.97. The Morgan fingerprint density at radius 2 is 2.32 bits per heavy atom. The second-order valence-electron chi connectivity index (χ2n) is 5.86. The number of anilines is 1. The summed E-state index contributed by atoms with van der Waals surface area (Å²) in [6.07, 6.45) is 6.06. The summed E-state index contributed by atoms with van der Waals surface area (Å²) in [6.45, 7) is 4.55. The smallest absolute Gasteiger partial charge is 0.231 e. The fraction of sp³-hybridized carbons (Fsp3) is 0.562. The van der Waals surface area contributed by atoms with Crippen LogP contribution in [0.5, 0.6) is 0 Å². The molecule has 118 valence electrons. The summed E-state index contributed by atoms with van der Waals surface area (Å²) in [7, 11) is 0. The highest BCUT2D eigenvalue weighted by Crippen LogP contribution is 2.22. The van der Waals surface area contributed by atoms with Crippen LogP contribution < -0.4 is 10.2 Å². The van der Waals surface area contributed by atoms with Crippen LogP contribution in [0.4, 0.5) is 5.95 Å². The number of fused-ring (bicyclic) bond motifs is 1. The van der Waals surface area contributed by atoms with Crippen molar-refractivity contribution >= 4 is 17.5 Å². The van der Waals surface area contributed by atoms with Crippen molar-refractivity contribution in [2.45, 2.75) is 32.6 Å². The zero-order chi connectivity index (χ0) is 15.4. The first-order valence-electron chi connectivity index (χ1n) is 8.12. The highest BCUT2D eigenvalue weighted by molar-refractivity contribution is 5.79. The second-order valence-corrected chi connectivity index (χ2v) is 5.86. The molecule has 1 saturated heterocycles. The summed E-state index contributed by atoms with van der Waals surface area (Å²) >= 11 is 0. The molecular formula is C16H23N5O. The monoisotopic (exact) mass is 301 g/mol. The molecule has 0 spiro atoms. The molecule has 0 bridgehead atoms. The number of nitrogens with zero attached hydrogens (tertiary/aromatic N) is 4. The summed E-state index contributed by atoms with van der Waals surface area (Å²) in [5.41, 5.74) is 0.840. The third kappa shape index (κ3) is 3.05. The van der Waals surface area contributed by atoms with Gasteiger partial charge >= 0.3 is 0 Å². The van der Waals surface area contributed by atoms with E-state index in [0.717, 1.165) is 50.4 Å². The number of carbonyl (C=O) groups excluding carboxylic acids is 1. The average Bonchev–Trinajstić information content (AvgIpc) is 2.99. The van der Waals surface area contributed by atoms with E-state index in [1.165, 1.54) is 0 Å². The zero-order valence-electron chi connectivity index (χ0n) is 13.0. The predicted octanol–water partition coefficient (Wildman–Crippen LogP) is 1.86. The number of carbonyl (C=O) groups is 1. The van der Waals surface area contributed by atoms with Crippen LogP contribution >= 0.6 is 0 Å². The van der Waals surface area contributed by atoms with Crippen LogP contribution in [-0.4, -0.2) is 40.1 Å². The Labute approximate surface area is 130 Å².